The van der Waals surface area contributed by atoms with E-state index in [2.05, 4.69) is 5.32 Å². The van der Waals surface area contributed by atoms with Gasteiger partial charge in [0.25, 0.3) is 5.91 Å². The summed E-state index contributed by atoms with van der Waals surface area (Å²) < 4.78 is 0. The topological polar surface area (TPSA) is 52.6 Å². The lowest BCUT2D eigenvalue weighted by Crippen LogP contribution is -2.25. The Balaban J connectivity index is 2.10. The lowest BCUT2D eigenvalue weighted by Gasteiger charge is -2.14. The second kappa shape index (κ2) is 7.73. The first-order valence-corrected chi connectivity index (χ1v) is 7.30. The number of carbonyl (C=O) groups excluding carboxylic acids is 1. The van der Waals surface area contributed by atoms with E-state index in [4.69, 9.17) is 0 Å². The van der Waals surface area contributed by atoms with Crippen molar-refractivity contribution in [3.63, 3.8) is 0 Å². The second-order valence-electron chi connectivity index (χ2n) is 5.50. The summed E-state index contributed by atoms with van der Waals surface area (Å²) in [5, 5.41) is 12.3. The lowest BCUT2D eigenvalue weighted by atomic mass is 10.1. The molecular formula is C18H22N2O2. The average Bonchev–Trinajstić information content (AvgIpc) is 2.52. The van der Waals surface area contributed by atoms with Crippen LogP contribution in [0, 0.1) is 0 Å². The van der Waals surface area contributed by atoms with Crippen molar-refractivity contribution in [2.45, 2.75) is 19.7 Å². The van der Waals surface area contributed by atoms with Crippen LogP contribution >= 0.6 is 0 Å². The molecule has 0 aliphatic heterocycles. The molecule has 2 aromatic rings. The van der Waals surface area contributed by atoms with Gasteiger partial charge in [-0.25, -0.2) is 0 Å². The molecule has 2 rings (SSSR count). The monoisotopic (exact) mass is 298 g/mol. The van der Waals surface area contributed by atoms with Crippen molar-refractivity contribution in [2.75, 3.05) is 14.1 Å². The molecule has 0 bridgehead atoms. The average molecular weight is 298 g/mol. The molecule has 0 saturated heterocycles. The molecule has 0 saturated carbocycles. The summed E-state index contributed by atoms with van der Waals surface area (Å²) in [6, 6.07) is 15.2. The Morgan fingerprint density at radius 2 is 1.59 bits per heavy atom. The zero-order chi connectivity index (χ0) is 15.9. The van der Waals surface area contributed by atoms with E-state index >= 15 is 0 Å². The Bertz CT molecular complexity index is 638. The van der Waals surface area contributed by atoms with Crippen molar-refractivity contribution in [3.05, 3.63) is 70.8 Å². The Labute approximate surface area is 131 Å². The first-order chi connectivity index (χ1) is 10.6. The smallest absolute Gasteiger partial charge is 0.251 e. The van der Waals surface area contributed by atoms with Crippen molar-refractivity contribution in [1.82, 2.24) is 10.2 Å². The number of aliphatic hydroxyl groups excluding tert-OH is 1. The molecule has 0 spiro atoms. The molecule has 0 radical (unpaired) electrons. The van der Waals surface area contributed by atoms with Gasteiger partial charge in [0.1, 0.15) is 0 Å². The molecule has 116 valence electrons. The number of benzene rings is 2. The molecule has 0 fully saturated rings. The molecule has 4 heteroatoms. The van der Waals surface area contributed by atoms with Crippen molar-refractivity contribution in [3.8, 4) is 0 Å². The molecule has 2 aromatic carbocycles. The minimum atomic E-state index is -0.0924. The summed E-state index contributed by atoms with van der Waals surface area (Å²) in [7, 11) is 3.96. The molecule has 0 aliphatic rings. The number of nitrogens with zero attached hydrogens (tertiary/aromatic N) is 1. The number of rotatable bonds is 6. The number of hydrogen-bond acceptors (Lipinski definition) is 3. The van der Waals surface area contributed by atoms with Crippen LogP contribution in [0.2, 0.25) is 0 Å². The Morgan fingerprint density at radius 3 is 2.23 bits per heavy atom. The molecule has 22 heavy (non-hydrogen) atoms. The van der Waals surface area contributed by atoms with Crippen LogP contribution in [0.1, 0.15) is 27.0 Å². The van der Waals surface area contributed by atoms with Gasteiger partial charge in [-0.15, -0.1) is 0 Å². The SMILES string of the molecule is CN(C)Cc1ccccc1C(=O)NCc1ccccc1CO. The largest absolute Gasteiger partial charge is 0.392 e. The standard InChI is InChI=1S/C18H22N2O2/c1-20(2)12-15-8-5-6-10-17(15)18(22)19-11-14-7-3-4-9-16(14)13-21/h3-10,21H,11-13H2,1-2H3,(H,19,22). The fraction of sp³-hybridized carbons (Fsp3) is 0.278. The lowest BCUT2D eigenvalue weighted by molar-refractivity contribution is 0.0949. The van der Waals surface area contributed by atoms with Gasteiger partial charge in [0.2, 0.25) is 0 Å². The Morgan fingerprint density at radius 1 is 1.00 bits per heavy atom. The van der Waals surface area contributed by atoms with Gasteiger partial charge in [-0.2, -0.15) is 0 Å². The molecule has 0 aliphatic carbocycles. The van der Waals surface area contributed by atoms with Gasteiger partial charge in [-0.3, -0.25) is 4.79 Å². The van der Waals surface area contributed by atoms with Crippen molar-refractivity contribution in [2.24, 2.45) is 0 Å². The fourth-order valence-electron chi connectivity index (χ4n) is 2.38. The first-order valence-electron chi connectivity index (χ1n) is 7.30. The van der Waals surface area contributed by atoms with Crippen LogP contribution in [0.3, 0.4) is 0 Å². The third-order valence-electron chi connectivity index (χ3n) is 3.48. The summed E-state index contributed by atoms with van der Waals surface area (Å²) in [5.41, 5.74) is 3.46. The highest BCUT2D eigenvalue weighted by Gasteiger charge is 2.11. The van der Waals surface area contributed by atoms with Crippen LogP contribution in [0.4, 0.5) is 0 Å². The second-order valence-corrected chi connectivity index (χ2v) is 5.50. The minimum Gasteiger partial charge on any atom is -0.392 e. The Kier molecular flexibility index (Phi) is 5.69. The first kappa shape index (κ1) is 16.2. The van der Waals surface area contributed by atoms with Gasteiger partial charge in [0.05, 0.1) is 6.61 Å². The number of hydrogen-bond donors (Lipinski definition) is 2. The summed E-state index contributed by atoms with van der Waals surface area (Å²) in [5.74, 6) is -0.0924. The molecular weight excluding hydrogens is 276 g/mol. The van der Waals surface area contributed by atoms with Gasteiger partial charge in [-0.1, -0.05) is 42.5 Å². The predicted molar refractivity (Wildman–Crippen MR) is 87.4 cm³/mol. The highest BCUT2D eigenvalue weighted by molar-refractivity contribution is 5.95. The maximum absolute atomic E-state index is 12.4. The summed E-state index contributed by atoms with van der Waals surface area (Å²) in [4.78, 5) is 14.5. The molecule has 0 unspecified atom stereocenters. The van der Waals surface area contributed by atoms with Crippen LogP contribution in [-0.4, -0.2) is 30.0 Å². The third kappa shape index (κ3) is 4.16. The molecule has 1 amide bonds. The molecule has 0 atom stereocenters. The fourth-order valence-corrected chi connectivity index (χ4v) is 2.38. The van der Waals surface area contributed by atoms with Gasteiger partial charge < -0.3 is 15.3 Å². The highest BCUT2D eigenvalue weighted by atomic mass is 16.3. The highest BCUT2D eigenvalue weighted by Crippen LogP contribution is 2.12. The van der Waals surface area contributed by atoms with Gasteiger partial charge in [0, 0.05) is 18.7 Å². The van der Waals surface area contributed by atoms with Crippen molar-refractivity contribution >= 4 is 5.91 Å². The van der Waals surface area contributed by atoms with Crippen LogP contribution < -0.4 is 5.32 Å². The van der Waals surface area contributed by atoms with Gasteiger partial charge >= 0.3 is 0 Å². The number of nitrogens with one attached hydrogen (secondary N) is 1. The van der Waals surface area contributed by atoms with Crippen LogP contribution in [-0.2, 0) is 19.7 Å². The van der Waals surface area contributed by atoms with E-state index in [0.29, 0.717) is 12.1 Å². The molecule has 4 nitrogen and oxygen atoms in total. The molecule has 2 N–H and O–H groups in total. The Hall–Kier alpha value is -2.17. The van der Waals surface area contributed by atoms with E-state index in [1.807, 2.05) is 67.5 Å². The van der Waals surface area contributed by atoms with Crippen molar-refractivity contribution < 1.29 is 9.90 Å². The van der Waals surface area contributed by atoms with E-state index in [-0.39, 0.29) is 12.5 Å². The number of amides is 1. The summed E-state index contributed by atoms with van der Waals surface area (Å²) in [6.07, 6.45) is 0. The van der Waals surface area contributed by atoms with Crippen LogP contribution in [0.5, 0.6) is 0 Å². The quantitative estimate of drug-likeness (QED) is 0.859. The maximum atomic E-state index is 12.4. The van der Waals surface area contributed by atoms with Crippen LogP contribution in [0.25, 0.3) is 0 Å². The molecule has 0 aromatic heterocycles. The van der Waals surface area contributed by atoms with Crippen LogP contribution in [0.15, 0.2) is 48.5 Å². The number of carbonyl (C=O) groups is 1. The van der Waals surface area contributed by atoms with E-state index in [1.165, 1.54) is 0 Å². The predicted octanol–water partition coefficient (Wildman–Crippen LogP) is 2.17. The normalized spacial score (nSPS) is 10.7. The zero-order valence-electron chi connectivity index (χ0n) is 13.0. The minimum absolute atomic E-state index is 0.0245. The van der Waals surface area contributed by atoms with Gasteiger partial charge in [0.15, 0.2) is 0 Å². The van der Waals surface area contributed by atoms with E-state index in [1.54, 1.807) is 0 Å². The van der Waals surface area contributed by atoms with E-state index < -0.39 is 0 Å². The van der Waals surface area contributed by atoms with E-state index in [0.717, 1.165) is 23.2 Å². The maximum Gasteiger partial charge on any atom is 0.251 e. The third-order valence-corrected chi connectivity index (χ3v) is 3.48. The zero-order valence-corrected chi connectivity index (χ0v) is 13.0. The van der Waals surface area contributed by atoms with E-state index in [9.17, 15) is 9.90 Å². The van der Waals surface area contributed by atoms with Crippen molar-refractivity contribution in [1.29, 1.82) is 0 Å². The number of aliphatic hydroxyl groups is 1. The summed E-state index contributed by atoms with van der Waals surface area (Å²) in [6.45, 7) is 1.10. The molecule has 0 heterocycles. The summed E-state index contributed by atoms with van der Waals surface area (Å²) >= 11 is 0. The van der Waals surface area contributed by atoms with Gasteiger partial charge in [-0.05, 0) is 36.9 Å².